The Kier molecular flexibility index (Phi) is 3.74. The first-order valence-corrected chi connectivity index (χ1v) is 7.96. The van der Waals surface area contributed by atoms with Crippen molar-refractivity contribution in [3.8, 4) is 11.3 Å². The summed E-state index contributed by atoms with van der Waals surface area (Å²) in [6.45, 7) is 1.79. The maximum atomic E-state index is 12.6. The van der Waals surface area contributed by atoms with E-state index in [1.165, 1.54) is 0 Å². The van der Waals surface area contributed by atoms with Crippen molar-refractivity contribution < 1.29 is 9.21 Å². The quantitative estimate of drug-likeness (QED) is 0.599. The molecule has 0 fully saturated rings. The summed E-state index contributed by atoms with van der Waals surface area (Å²) in [5, 5.41) is 3.00. The molecule has 0 atom stereocenters. The highest BCUT2D eigenvalue weighted by Gasteiger charge is 2.18. The second kappa shape index (κ2) is 6.07. The van der Waals surface area contributed by atoms with Crippen LogP contribution in [-0.2, 0) is 0 Å². The zero-order chi connectivity index (χ0) is 17.4. The summed E-state index contributed by atoms with van der Waals surface area (Å²) in [6.07, 6.45) is 3.42. The normalized spacial score (nSPS) is 11.0. The van der Waals surface area contributed by atoms with Gasteiger partial charge in [0, 0.05) is 24.4 Å². The van der Waals surface area contributed by atoms with E-state index in [2.05, 4.69) is 15.3 Å². The fraction of sp³-hybridized carbons (Fsp3) is 0.0556. The van der Waals surface area contributed by atoms with E-state index in [0.29, 0.717) is 28.7 Å². The Bertz CT molecular complexity index is 1070. The van der Waals surface area contributed by atoms with Gasteiger partial charge in [-0.15, -0.1) is 0 Å². The number of aromatic nitrogens is 3. The van der Waals surface area contributed by atoms with Crippen molar-refractivity contribution in [1.82, 2.24) is 14.4 Å². The predicted molar refractivity (Wildman–Crippen MR) is 94.8 cm³/mol. The van der Waals surface area contributed by atoms with Gasteiger partial charge in [0.2, 0.25) is 0 Å². The Labute approximate surface area is 148 Å². The molecule has 4 aromatic rings. The molecular formula is C18H13ClN4O2. The summed E-state index contributed by atoms with van der Waals surface area (Å²) in [4.78, 5) is 20.8. The Morgan fingerprint density at radius 3 is 2.72 bits per heavy atom. The zero-order valence-corrected chi connectivity index (χ0v) is 14.0. The Hall–Kier alpha value is -3.12. The van der Waals surface area contributed by atoms with Crippen molar-refractivity contribution >= 4 is 28.8 Å². The smallest absolute Gasteiger partial charge is 0.275 e. The van der Waals surface area contributed by atoms with Gasteiger partial charge in [0.25, 0.3) is 5.91 Å². The number of nitrogens with one attached hydrogen (secondary N) is 1. The number of pyridine rings is 1. The maximum absolute atomic E-state index is 12.6. The van der Waals surface area contributed by atoms with E-state index in [4.69, 9.17) is 16.0 Å². The van der Waals surface area contributed by atoms with E-state index < -0.39 is 0 Å². The lowest BCUT2D eigenvalue weighted by molar-refractivity contribution is 0.102. The minimum atomic E-state index is -0.327. The SMILES string of the molecule is Cc1ncc(-c2ccc(NC(=O)c3c(Cl)nc4ccccn34)cc2)o1. The molecule has 0 unspecified atom stereocenters. The monoisotopic (exact) mass is 352 g/mol. The van der Waals surface area contributed by atoms with Gasteiger partial charge in [-0.05, 0) is 36.4 Å². The number of aryl methyl sites for hydroxylation is 1. The number of halogens is 1. The molecular weight excluding hydrogens is 340 g/mol. The Balaban J connectivity index is 1.59. The highest BCUT2D eigenvalue weighted by molar-refractivity contribution is 6.33. The van der Waals surface area contributed by atoms with Crippen LogP contribution in [0.1, 0.15) is 16.4 Å². The standard InChI is InChI=1S/C18H13ClN4O2/c1-11-20-10-14(25-11)12-5-7-13(8-6-12)21-18(24)16-17(19)22-15-4-2-3-9-23(15)16/h2-10H,1H3,(H,21,24). The summed E-state index contributed by atoms with van der Waals surface area (Å²) in [7, 11) is 0. The molecule has 0 radical (unpaired) electrons. The summed E-state index contributed by atoms with van der Waals surface area (Å²) in [5.74, 6) is 0.960. The molecule has 0 aliphatic carbocycles. The molecule has 0 aliphatic heterocycles. The van der Waals surface area contributed by atoms with E-state index in [0.717, 1.165) is 5.56 Å². The molecule has 1 N–H and O–H groups in total. The van der Waals surface area contributed by atoms with Crippen LogP contribution in [0.25, 0.3) is 17.0 Å². The van der Waals surface area contributed by atoms with Crippen LogP contribution in [0.15, 0.2) is 59.3 Å². The lowest BCUT2D eigenvalue weighted by Crippen LogP contribution is -2.14. The summed E-state index contributed by atoms with van der Waals surface area (Å²) in [6, 6.07) is 12.7. The molecule has 25 heavy (non-hydrogen) atoms. The van der Waals surface area contributed by atoms with E-state index >= 15 is 0 Å². The topological polar surface area (TPSA) is 72.4 Å². The van der Waals surface area contributed by atoms with Crippen molar-refractivity contribution in [2.75, 3.05) is 5.32 Å². The Morgan fingerprint density at radius 1 is 1.20 bits per heavy atom. The average Bonchev–Trinajstić information content (AvgIpc) is 3.18. The van der Waals surface area contributed by atoms with Gasteiger partial charge in [0.1, 0.15) is 5.65 Å². The van der Waals surface area contributed by atoms with Crippen LogP contribution in [0.4, 0.5) is 5.69 Å². The van der Waals surface area contributed by atoms with Gasteiger partial charge in [0.05, 0.1) is 6.20 Å². The van der Waals surface area contributed by atoms with Gasteiger partial charge in [-0.1, -0.05) is 17.7 Å². The van der Waals surface area contributed by atoms with Crippen molar-refractivity contribution in [2.45, 2.75) is 6.92 Å². The minimum Gasteiger partial charge on any atom is -0.441 e. The molecule has 4 rings (SSSR count). The minimum absolute atomic E-state index is 0.164. The number of amides is 1. The summed E-state index contributed by atoms with van der Waals surface area (Å²) < 4.78 is 7.14. The first kappa shape index (κ1) is 15.4. The van der Waals surface area contributed by atoms with Crippen molar-refractivity contribution in [3.05, 3.63) is 71.6 Å². The first-order valence-electron chi connectivity index (χ1n) is 7.58. The van der Waals surface area contributed by atoms with Crippen LogP contribution in [0, 0.1) is 6.92 Å². The van der Waals surface area contributed by atoms with Gasteiger partial charge in [-0.3, -0.25) is 9.20 Å². The number of imidazole rings is 1. The molecule has 3 heterocycles. The summed E-state index contributed by atoms with van der Waals surface area (Å²) in [5.41, 5.74) is 2.44. The fourth-order valence-corrected chi connectivity index (χ4v) is 2.84. The van der Waals surface area contributed by atoms with Crippen LogP contribution in [0.2, 0.25) is 5.15 Å². The number of carbonyl (C=O) groups is 1. The van der Waals surface area contributed by atoms with Crippen LogP contribution in [-0.4, -0.2) is 20.3 Å². The first-order chi connectivity index (χ1) is 12.1. The lowest BCUT2D eigenvalue weighted by Gasteiger charge is -2.06. The largest absolute Gasteiger partial charge is 0.441 e. The third kappa shape index (κ3) is 2.88. The highest BCUT2D eigenvalue weighted by Crippen LogP contribution is 2.23. The Morgan fingerprint density at radius 2 is 2.00 bits per heavy atom. The van der Waals surface area contributed by atoms with E-state index in [-0.39, 0.29) is 11.1 Å². The molecule has 1 aromatic carbocycles. The van der Waals surface area contributed by atoms with Gasteiger partial charge in [-0.2, -0.15) is 0 Å². The number of anilines is 1. The van der Waals surface area contributed by atoms with Gasteiger partial charge in [0.15, 0.2) is 22.5 Å². The summed E-state index contributed by atoms with van der Waals surface area (Å²) >= 11 is 6.12. The van der Waals surface area contributed by atoms with Crippen LogP contribution in [0.3, 0.4) is 0 Å². The zero-order valence-electron chi connectivity index (χ0n) is 13.2. The number of hydrogen-bond acceptors (Lipinski definition) is 4. The molecule has 0 saturated carbocycles. The molecule has 3 aromatic heterocycles. The molecule has 0 spiro atoms. The van der Waals surface area contributed by atoms with Crippen LogP contribution >= 0.6 is 11.6 Å². The number of oxazole rings is 1. The number of benzene rings is 1. The molecule has 0 aliphatic rings. The second-order valence-corrected chi connectivity index (χ2v) is 5.81. The van der Waals surface area contributed by atoms with Gasteiger partial charge < -0.3 is 9.73 Å². The third-order valence-electron chi connectivity index (χ3n) is 3.75. The van der Waals surface area contributed by atoms with E-state index in [1.54, 1.807) is 41.9 Å². The van der Waals surface area contributed by atoms with Crippen LogP contribution in [0.5, 0.6) is 0 Å². The van der Waals surface area contributed by atoms with Crippen LogP contribution < -0.4 is 5.32 Å². The number of nitrogens with zero attached hydrogens (tertiary/aromatic N) is 3. The molecule has 7 heteroatoms. The molecule has 6 nitrogen and oxygen atoms in total. The number of hydrogen-bond donors (Lipinski definition) is 1. The van der Waals surface area contributed by atoms with Crippen molar-refractivity contribution in [2.24, 2.45) is 0 Å². The number of rotatable bonds is 3. The third-order valence-corrected chi connectivity index (χ3v) is 4.01. The van der Waals surface area contributed by atoms with Gasteiger partial charge in [-0.25, -0.2) is 9.97 Å². The second-order valence-electron chi connectivity index (χ2n) is 5.46. The predicted octanol–water partition coefficient (Wildman–Crippen LogP) is 4.20. The fourth-order valence-electron chi connectivity index (χ4n) is 2.57. The number of fused-ring (bicyclic) bond motifs is 1. The van der Waals surface area contributed by atoms with E-state index in [1.807, 2.05) is 24.3 Å². The molecule has 0 bridgehead atoms. The molecule has 0 saturated heterocycles. The van der Waals surface area contributed by atoms with E-state index in [9.17, 15) is 4.79 Å². The maximum Gasteiger partial charge on any atom is 0.275 e. The molecule has 1 amide bonds. The highest BCUT2D eigenvalue weighted by atomic mass is 35.5. The van der Waals surface area contributed by atoms with Gasteiger partial charge >= 0.3 is 0 Å². The molecule has 124 valence electrons. The average molecular weight is 353 g/mol. The van der Waals surface area contributed by atoms with Crippen molar-refractivity contribution in [1.29, 1.82) is 0 Å². The van der Waals surface area contributed by atoms with Crippen molar-refractivity contribution in [3.63, 3.8) is 0 Å². The lowest BCUT2D eigenvalue weighted by atomic mass is 10.1. The number of carbonyl (C=O) groups excluding carboxylic acids is 1.